The van der Waals surface area contributed by atoms with Gasteiger partial charge in [0.25, 0.3) is 5.91 Å². The van der Waals surface area contributed by atoms with Gasteiger partial charge in [-0.15, -0.1) is 0 Å². The first-order valence-electron chi connectivity index (χ1n) is 11.4. The summed E-state index contributed by atoms with van der Waals surface area (Å²) in [7, 11) is 1.34. The van der Waals surface area contributed by atoms with E-state index in [4.69, 9.17) is 14.7 Å². The summed E-state index contributed by atoms with van der Waals surface area (Å²) in [6, 6.07) is 12.4. The molecule has 0 aromatic heterocycles. The lowest BCUT2D eigenvalue weighted by Crippen LogP contribution is -2.31. The number of esters is 1. The van der Waals surface area contributed by atoms with Crippen LogP contribution >= 0.6 is 0 Å². The predicted molar refractivity (Wildman–Crippen MR) is 126 cm³/mol. The Labute approximate surface area is 195 Å². The highest BCUT2D eigenvalue weighted by atomic mass is 16.5. The molecule has 1 amide bonds. The average molecular weight is 450 g/mol. The van der Waals surface area contributed by atoms with Crippen LogP contribution in [0.25, 0.3) is 0 Å². The Hall–Kier alpha value is -3.53. The van der Waals surface area contributed by atoms with Gasteiger partial charge in [0, 0.05) is 17.3 Å². The summed E-state index contributed by atoms with van der Waals surface area (Å²) in [5.41, 5.74) is 3.86. The number of nitriles is 1. The molecule has 0 saturated heterocycles. The predicted octanol–water partition coefficient (Wildman–Crippen LogP) is 4.06. The van der Waals surface area contributed by atoms with Crippen molar-refractivity contribution in [1.29, 1.82) is 5.26 Å². The Morgan fingerprint density at radius 3 is 2.48 bits per heavy atom. The van der Waals surface area contributed by atoms with Crippen LogP contribution in [0.2, 0.25) is 0 Å². The molecule has 1 unspecified atom stereocenters. The molecule has 0 aliphatic heterocycles. The highest BCUT2D eigenvalue weighted by Gasteiger charge is 2.28. The van der Waals surface area contributed by atoms with Gasteiger partial charge in [-0.3, -0.25) is 4.79 Å². The minimum Gasteiger partial charge on any atom is -0.483 e. The van der Waals surface area contributed by atoms with E-state index in [0.29, 0.717) is 22.6 Å². The Balaban J connectivity index is 1.99. The quantitative estimate of drug-likeness (QED) is 0.502. The summed E-state index contributed by atoms with van der Waals surface area (Å²) in [5, 5.41) is 15.2. The van der Waals surface area contributed by atoms with Crippen molar-refractivity contribution in [3.8, 4) is 11.8 Å². The summed E-state index contributed by atoms with van der Waals surface area (Å²) in [4.78, 5) is 25.2. The third kappa shape index (κ3) is 6.48. The maximum atomic E-state index is 12.9. The summed E-state index contributed by atoms with van der Waals surface area (Å²) >= 11 is 0. The van der Waals surface area contributed by atoms with Gasteiger partial charge < -0.3 is 20.1 Å². The zero-order valence-electron chi connectivity index (χ0n) is 19.4. The molecule has 0 heterocycles. The molecule has 1 aliphatic rings. The number of benzene rings is 2. The van der Waals surface area contributed by atoms with Crippen molar-refractivity contribution in [3.05, 3.63) is 58.7 Å². The topological polar surface area (TPSA) is 100 Å². The van der Waals surface area contributed by atoms with Crippen molar-refractivity contribution in [3.63, 3.8) is 0 Å². The van der Waals surface area contributed by atoms with E-state index in [9.17, 15) is 9.59 Å². The summed E-state index contributed by atoms with van der Waals surface area (Å²) in [5.74, 6) is -0.0981. The van der Waals surface area contributed by atoms with Crippen molar-refractivity contribution >= 4 is 17.6 Å². The Kier molecular flexibility index (Phi) is 8.31. The average Bonchev–Trinajstić information content (AvgIpc) is 3.65. The lowest BCUT2D eigenvalue weighted by molar-refractivity contribution is -0.141. The first-order valence-corrected chi connectivity index (χ1v) is 11.4. The zero-order valence-corrected chi connectivity index (χ0v) is 19.4. The fourth-order valence-electron chi connectivity index (χ4n) is 3.66. The molecule has 33 heavy (non-hydrogen) atoms. The second kappa shape index (κ2) is 11.4. The van der Waals surface area contributed by atoms with Gasteiger partial charge in [-0.1, -0.05) is 26.3 Å². The number of nitrogens with one attached hydrogen (secondary N) is 2. The minimum atomic E-state index is -0.841. The highest BCUT2D eigenvalue weighted by molar-refractivity contribution is 5.83. The molecular weight excluding hydrogens is 418 g/mol. The molecule has 0 radical (unpaired) electrons. The molecule has 1 atom stereocenters. The van der Waals surface area contributed by atoms with Gasteiger partial charge in [-0.05, 0) is 67.1 Å². The molecule has 7 nitrogen and oxygen atoms in total. The van der Waals surface area contributed by atoms with Crippen LogP contribution in [0.1, 0.15) is 61.4 Å². The van der Waals surface area contributed by atoms with Gasteiger partial charge >= 0.3 is 5.97 Å². The highest BCUT2D eigenvalue weighted by Crippen LogP contribution is 2.35. The molecule has 2 aromatic rings. The van der Waals surface area contributed by atoms with Crippen LogP contribution in [0.3, 0.4) is 0 Å². The SMILES string of the molecule is CCCc1cc(CC)cc(C(Nc2ccc(C#N)cc2)C(=O)OC)c1OCC(=O)NC1CC1. The van der Waals surface area contributed by atoms with Crippen molar-refractivity contribution < 1.29 is 19.1 Å². The van der Waals surface area contributed by atoms with Crippen molar-refractivity contribution in [2.45, 2.75) is 58.0 Å². The van der Waals surface area contributed by atoms with Gasteiger partial charge in [0.1, 0.15) is 5.75 Å². The third-order valence-electron chi connectivity index (χ3n) is 5.54. The van der Waals surface area contributed by atoms with Crippen LogP contribution in [0.15, 0.2) is 36.4 Å². The van der Waals surface area contributed by atoms with Crippen molar-refractivity contribution in [2.24, 2.45) is 0 Å². The Morgan fingerprint density at radius 1 is 1.18 bits per heavy atom. The van der Waals surface area contributed by atoms with E-state index in [0.717, 1.165) is 43.2 Å². The lowest BCUT2D eigenvalue weighted by Gasteiger charge is -2.24. The van der Waals surface area contributed by atoms with E-state index in [1.807, 2.05) is 6.07 Å². The van der Waals surface area contributed by atoms with E-state index < -0.39 is 12.0 Å². The summed E-state index contributed by atoms with van der Waals surface area (Å²) in [6.45, 7) is 4.02. The Bertz CT molecular complexity index is 1020. The van der Waals surface area contributed by atoms with Crippen molar-refractivity contribution in [2.75, 3.05) is 19.0 Å². The van der Waals surface area contributed by atoms with E-state index in [1.54, 1.807) is 24.3 Å². The number of amides is 1. The molecule has 0 spiro atoms. The second-order valence-corrected chi connectivity index (χ2v) is 8.20. The number of nitrogens with zero attached hydrogens (tertiary/aromatic N) is 1. The number of rotatable bonds is 11. The van der Waals surface area contributed by atoms with Crippen LogP contribution in [-0.4, -0.2) is 31.6 Å². The maximum Gasteiger partial charge on any atom is 0.333 e. The number of hydrogen-bond acceptors (Lipinski definition) is 6. The summed E-state index contributed by atoms with van der Waals surface area (Å²) < 4.78 is 11.2. The fraction of sp³-hybridized carbons (Fsp3) is 0.423. The van der Waals surface area contributed by atoms with E-state index in [1.165, 1.54) is 7.11 Å². The number of anilines is 1. The first-order chi connectivity index (χ1) is 16.0. The second-order valence-electron chi connectivity index (χ2n) is 8.20. The third-order valence-corrected chi connectivity index (χ3v) is 5.54. The smallest absolute Gasteiger partial charge is 0.333 e. The van der Waals surface area contributed by atoms with Gasteiger partial charge in [-0.25, -0.2) is 4.79 Å². The molecule has 2 N–H and O–H groups in total. The van der Waals surface area contributed by atoms with Gasteiger partial charge in [0.2, 0.25) is 0 Å². The molecule has 0 bridgehead atoms. The fourth-order valence-corrected chi connectivity index (χ4v) is 3.66. The standard InChI is InChI=1S/C26H31N3O4/c1-4-6-19-13-17(5-2)14-22(25(19)33-16-23(30)28-20-11-12-20)24(26(31)32-3)29-21-9-7-18(15-27)8-10-21/h7-10,13-14,20,24,29H,4-6,11-12,16H2,1-3H3,(H,28,30). The Morgan fingerprint density at radius 2 is 1.91 bits per heavy atom. The molecule has 1 aliphatic carbocycles. The van der Waals surface area contributed by atoms with Crippen LogP contribution in [0.5, 0.6) is 5.75 Å². The largest absolute Gasteiger partial charge is 0.483 e. The van der Waals surface area contributed by atoms with Gasteiger partial charge in [-0.2, -0.15) is 5.26 Å². The minimum absolute atomic E-state index is 0.115. The number of hydrogen-bond donors (Lipinski definition) is 2. The first kappa shape index (κ1) is 24.1. The van der Waals surface area contributed by atoms with Crippen molar-refractivity contribution in [1.82, 2.24) is 5.32 Å². The number of carbonyl (C=O) groups is 2. The number of ether oxygens (including phenoxy) is 2. The van der Waals surface area contributed by atoms with Crippen LogP contribution in [0, 0.1) is 11.3 Å². The molecule has 2 aromatic carbocycles. The normalized spacial score (nSPS) is 13.5. The number of methoxy groups -OCH3 is 1. The number of aryl methyl sites for hydroxylation is 2. The molecule has 7 heteroatoms. The van der Waals surface area contributed by atoms with E-state index in [-0.39, 0.29) is 18.6 Å². The number of carbonyl (C=O) groups excluding carboxylic acids is 2. The van der Waals surface area contributed by atoms with Crippen LogP contribution < -0.4 is 15.4 Å². The van der Waals surface area contributed by atoms with Crippen LogP contribution in [0.4, 0.5) is 5.69 Å². The molecule has 1 saturated carbocycles. The van der Waals surface area contributed by atoms with Gasteiger partial charge in [0.05, 0.1) is 18.7 Å². The van der Waals surface area contributed by atoms with Gasteiger partial charge in [0.15, 0.2) is 12.6 Å². The maximum absolute atomic E-state index is 12.9. The molecule has 1 fully saturated rings. The van der Waals surface area contributed by atoms with Crippen LogP contribution in [-0.2, 0) is 27.2 Å². The molecule has 174 valence electrons. The zero-order chi connectivity index (χ0) is 23.8. The van der Waals surface area contributed by atoms with E-state index in [2.05, 4.69) is 36.6 Å². The van der Waals surface area contributed by atoms with E-state index >= 15 is 0 Å². The lowest BCUT2D eigenvalue weighted by atomic mass is 9.95. The monoisotopic (exact) mass is 449 g/mol. The molecular formula is C26H31N3O4. The summed E-state index contributed by atoms with van der Waals surface area (Å²) in [6.07, 6.45) is 4.44. The molecule has 3 rings (SSSR count).